The molecule has 6 heteroatoms. The molecule has 0 saturated heterocycles. The smallest absolute Gasteiger partial charge is 0.306 e. The molecule has 0 amide bonds. The van der Waals surface area contributed by atoms with Crippen LogP contribution in [0.15, 0.2) is 12.1 Å². The number of aromatic hydroxyl groups is 2. The standard InChI is InChI=1S/C7H9NO5/c9-5-1-2-6(10)8(5)13-4-3-7(11)12/h1-2,9-10H,3-4H2,(H,11,12). The highest BCUT2D eigenvalue weighted by Crippen LogP contribution is 2.18. The Bertz CT molecular complexity index is 286. The van der Waals surface area contributed by atoms with Gasteiger partial charge in [-0.2, -0.15) is 0 Å². The molecule has 0 aliphatic carbocycles. The number of rotatable bonds is 4. The second-order valence-corrected chi connectivity index (χ2v) is 2.32. The van der Waals surface area contributed by atoms with E-state index in [2.05, 4.69) is 0 Å². The molecule has 0 unspecified atom stereocenters. The molecule has 0 aliphatic rings. The molecule has 0 radical (unpaired) electrons. The SMILES string of the molecule is O=C(O)CCOn1c(O)ccc1O. The van der Waals surface area contributed by atoms with E-state index in [1.54, 1.807) is 0 Å². The summed E-state index contributed by atoms with van der Waals surface area (Å²) in [6, 6.07) is 2.46. The van der Waals surface area contributed by atoms with Gasteiger partial charge in [-0.15, -0.1) is 4.73 Å². The molecule has 0 fully saturated rings. The van der Waals surface area contributed by atoms with Gasteiger partial charge in [0.1, 0.15) is 6.61 Å². The summed E-state index contributed by atoms with van der Waals surface area (Å²) in [5.41, 5.74) is 0. The van der Waals surface area contributed by atoms with Crippen molar-refractivity contribution >= 4 is 5.97 Å². The lowest BCUT2D eigenvalue weighted by molar-refractivity contribution is -0.138. The Labute approximate surface area is 73.6 Å². The second-order valence-electron chi connectivity index (χ2n) is 2.32. The predicted octanol–water partition coefficient (Wildman–Crippen LogP) is -0.197. The van der Waals surface area contributed by atoms with E-state index in [1.165, 1.54) is 12.1 Å². The fraction of sp³-hybridized carbons (Fsp3) is 0.286. The minimum atomic E-state index is -1.01. The Balaban J connectivity index is 2.49. The molecular formula is C7H9NO5. The summed E-state index contributed by atoms with van der Waals surface area (Å²) in [6.45, 7) is -0.120. The zero-order valence-corrected chi connectivity index (χ0v) is 6.67. The van der Waals surface area contributed by atoms with Crippen molar-refractivity contribution < 1.29 is 25.0 Å². The first-order valence-electron chi connectivity index (χ1n) is 3.56. The molecule has 0 aromatic carbocycles. The Morgan fingerprint density at radius 3 is 2.38 bits per heavy atom. The van der Waals surface area contributed by atoms with Crippen molar-refractivity contribution in [1.82, 2.24) is 4.73 Å². The second kappa shape index (κ2) is 3.70. The van der Waals surface area contributed by atoms with Gasteiger partial charge in [0.15, 0.2) is 0 Å². The lowest BCUT2D eigenvalue weighted by Gasteiger charge is -2.06. The highest BCUT2D eigenvalue weighted by atomic mass is 16.7. The van der Waals surface area contributed by atoms with Gasteiger partial charge in [-0.3, -0.25) is 4.79 Å². The third-order valence-electron chi connectivity index (χ3n) is 1.33. The number of nitrogens with zero attached hydrogens (tertiary/aromatic N) is 1. The van der Waals surface area contributed by atoms with Crippen molar-refractivity contribution in [2.75, 3.05) is 6.61 Å². The van der Waals surface area contributed by atoms with Gasteiger partial charge < -0.3 is 20.2 Å². The Morgan fingerprint density at radius 2 is 1.92 bits per heavy atom. The van der Waals surface area contributed by atoms with Crippen LogP contribution in [0.25, 0.3) is 0 Å². The van der Waals surface area contributed by atoms with Crippen LogP contribution in [-0.2, 0) is 4.79 Å². The number of carbonyl (C=O) groups is 1. The molecule has 13 heavy (non-hydrogen) atoms. The lowest BCUT2D eigenvalue weighted by Crippen LogP contribution is -2.14. The van der Waals surface area contributed by atoms with Gasteiger partial charge in [0.25, 0.3) is 0 Å². The summed E-state index contributed by atoms with van der Waals surface area (Å²) in [5.74, 6) is -1.56. The Kier molecular flexibility index (Phi) is 2.63. The van der Waals surface area contributed by atoms with E-state index in [9.17, 15) is 4.79 Å². The maximum absolute atomic E-state index is 10.1. The number of hydrogen-bond donors (Lipinski definition) is 3. The van der Waals surface area contributed by atoms with Gasteiger partial charge in [-0.25, -0.2) is 0 Å². The largest absolute Gasteiger partial charge is 0.492 e. The first kappa shape index (κ1) is 9.24. The molecule has 1 aromatic rings. The predicted molar refractivity (Wildman–Crippen MR) is 41.5 cm³/mol. The van der Waals surface area contributed by atoms with Crippen molar-refractivity contribution in [2.45, 2.75) is 6.42 Å². The van der Waals surface area contributed by atoms with Gasteiger partial charge in [-0.05, 0) is 0 Å². The summed E-state index contributed by atoms with van der Waals surface area (Å²) >= 11 is 0. The van der Waals surface area contributed by atoms with Crippen LogP contribution < -0.4 is 4.84 Å². The van der Waals surface area contributed by atoms with Gasteiger partial charge in [0.2, 0.25) is 11.8 Å². The average Bonchev–Trinajstić information content (AvgIpc) is 2.34. The first-order valence-corrected chi connectivity index (χ1v) is 3.56. The third kappa shape index (κ3) is 2.29. The van der Waals surface area contributed by atoms with E-state index in [4.69, 9.17) is 20.2 Å². The molecule has 1 rings (SSSR count). The van der Waals surface area contributed by atoms with Gasteiger partial charge in [0, 0.05) is 12.1 Å². The van der Waals surface area contributed by atoms with Crippen LogP contribution in [0, 0.1) is 0 Å². The molecule has 0 aliphatic heterocycles. The van der Waals surface area contributed by atoms with E-state index < -0.39 is 5.97 Å². The van der Waals surface area contributed by atoms with Crippen LogP contribution in [0.5, 0.6) is 11.8 Å². The van der Waals surface area contributed by atoms with Crippen molar-refractivity contribution in [2.24, 2.45) is 0 Å². The summed E-state index contributed by atoms with van der Waals surface area (Å²) in [6.07, 6.45) is -0.197. The van der Waals surface area contributed by atoms with Gasteiger partial charge in [-0.1, -0.05) is 0 Å². The number of hydrogen-bond acceptors (Lipinski definition) is 4. The van der Waals surface area contributed by atoms with Crippen LogP contribution in [0.4, 0.5) is 0 Å². The van der Waals surface area contributed by atoms with E-state index >= 15 is 0 Å². The number of carboxylic acid groups (broad SMARTS) is 1. The summed E-state index contributed by atoms with van der Waals surface area (Å²) < 4.78 is 0.753. The molecule has 0 saturated carbocycles. The lowest BCUT2D eigenvalue weighted by atomic mass is 10.5. The quantitative estimate of drug-likeness (QED) is 0.607. The molecule has 1 heterocycles. The van der Waals surface area contributed by atoms with Crippen LogP contribution in [-0.4, -0.2) is 32.6 Å². The highest BCUT2D eigenvalue weighted by Gasteiger charge is 2.06. The zero-order chi connectivity index (χ0) is 9.84. The number of aromatic nitrogens is 1. The van der Waals surface area contributed by atoms with E-state index in [1.807, 2.05) is 0 Å². The van der Waals surface area contributed by atoms with Crippen molar-refractivity contribution in [3.63, 3.8) is 0 Å². The van der Waals surface area contributed by atoms with Crippen molar-refractivity contribution in [1.29, 1.82) is 0 Å². The van der Waals surface area contributed by atoms with Crippen LogP contribution in [0.3, 0.4) is 0 Å². The summed E-state index contributed by atoms with van der Waals surface area (Å²) in [5, 5.41) is 26.3. The number of carboxylic acids is 1. The molecule has 6 nitrogen and oxygen atoms in total. The highest BCUT2D eigenvalue weighted by molar-refractivity contribution is 5.66. The van der Waals surface area contributed by atoms with E-state index in [-0.39, 0.29) is 24.8 Å². The summed E-state index contributed by atoms with van der Waals surface area (Å²) in [4.78, 5) is 14.8. The number of aliphatic carboxylic acids is 1. The Morgan fingerprint density at radius 1 is 1.38 bits per heavy atom. The average molecular weight is 187 g/mol. The van der Waals surface area contributed by atoms with E-state index in [0.717, 1.165) is 4.73 Å². The van der Waals surface area contributed by atoms with Gasteiger partial charge in [0.05, 0.1) is 6.42 Å². The molecule has 3 N–H and O–H groups in total. The minimum Gasteiger partial charge on any atom is -0.492 e. The molecule has 0 atom stereocenters. The van der Waals surface area contributed by atoms with Crippen LogP contribution in [0.1, 0.15) is 6.42 Å². The van der Waals surface area contributed by atoms with Crippen molar-refractivity contribution in [3.05, 3.63) is 12.1 Å². The molecular weight excluding hydrogens is 178 g/mol. The fourth-order valence-electron chi connectivity index (χ4n) is 0.758. The fourth-order valence-corrected chi connectivity index (χ4v) is 0.758. The third-order valence-corrected chi connectivity index (χ3v) is 1.33. The minimum absolute atomic E-state index is 0.120. The van der Waals surface area contributed by atoms with Crippen molar-refractivity contribution in [3.8, 4) is 11.8 Å². The monoisotopic (exact) mass is 187 g/mol. The zero-order valence-electron chi connectivity index (χ0n) is 6.67. The van der Waals surface area contributed by atoms with E-state index in [0.29, 0.717) is 0 Å². The molecule has 0 bridgehead atoms. The van der Waals surface area contributed by atoms with Crippen LogP contribution >= 0.6 is 0 Å². The van der Waals surface area contributed by atoms with Crippen LogP contribution in [0.2, 0.25) is 0 Å². The maximum atomic E-state index is 10.1. The molecule has 72 valence electrons. The topological polar surface area (TPSA) is 91.9 Å². The normalized spacial score (nSPS) is 9.85. The maximum Gasteiger partial charge on any atom is 0.306 e. The van der Waals surface area contributed by atoms with Gasteiger partial charge >= 0.3 is 5.97 Å². The Hall–Kier alpha value is -1.85. The first-order chi connectivity index (χ1) is 6.11. The molecule has 1 aromatic heterocycles. The summed E-state index contributed by atoms with van der Waals surface area (Å²) in [7, 11) is 0. The molecule has 0 spiro atoms.